The molecule has 2 aliphatic rings. The van der Waals surface area contributed by atoms with Crippen molar-refractivity contribution in [3.05, 3.63) is 59.9 Å². The molecule has 162 valence electrons. The number of likely N-dealkylation sites (tertiary alicyclic amines) is 1. The molecular formula is C25H34FN3O. The van der Waals surface area contributed by atoms with Crippen molar-refractivity contribution in [2.75, 3.05) is 43.0 Å². The third-order valence-electron chi connectivity index (χ3n) is 6.15. The second-order valence-electron chi connectivity index (χ2n) is 8.06. The van der Waals surface area contributed by atoms with E-state index in [0.717, 1.165) is 51.1 Å². The van der Waals surface area contributed by atoms with Gasteiger partial charge in [0.05, 0.1) is 0 Å². The molecule has 1 fully saturated rings. The fourth-order valence-electron chi connectivity index (χ4n) is 4.31. The van der Waals surface area contributed by atoms with Gasteiger partial charge >= 0.3 is 0 Å². The van der Waals surface area contributed by atoms with Crippen molar-refractivity contribution in [1.29, 1.82) is 0 Å². The summed E-state index contributed by atoms with van der Waals surface area (Å²) in [6, 6.07) is 14.9. The fourth-order valence-corrected chi connectivity index (χ4v) is 4.31. The quantitative estimate of drug-likeness (QED) is 0.728. The van der Waals surface area contributed by atoms with Gasteiger partial charge in [0, 0.05) is 50.5 Å². The van der Waals surface area contributed by atoms with E-state index in [1.165, 1.54) is 23.4 Å². The Bertz CT molecular complexity index is 818. The van der Waals surface area contributed by atoms with Gasteiger partial charge in [0.1, 0.15) is 5.82 Å². The van der Waals surface area contributed by atoms with E-state index in [1.807, 2.05) is 6.92 Å². The summed E-state index contributed by atoms with van der Waals surface area (Å²) in [4.78, 5) is 19.5. The highest BCUT2D eigenvalue weighted by molar-refractivity contribution is 5.94. The van der Waals surface area contributed by atoms with E-state index in [2.05, 4.69) is 46.9 Å². The van der Waals surface area contributed by atoms with Crippen molar-refractivity contribution in [3.8, 4) is 0 Å². The molecule has 2 heterocycles. The number of halogens is 1. The maximum atomic E-state index is 12.6. The van der Waals surface area contributed by atoms with Crippen molar-refractivity contribution in [2.45, 2.75) is 45.6 Å². The molecule has 2 aliphatic heterocycles. The first-order valence-corrected chi connectivity index (χ1v) is 11.1. The van der Waals surface area contributed by atoms with Gasteiger partial charge in [0.25, 0.3) is 0 Å². The van der Waals surface area contributed by atoms with Crippen molar-refractivity contribution >= 4 is 17.3 Å². The molecule has 1 amide bonds. The number of amides is 1. The van der Waals surface area contributed by atoms with Gasteiger partial charge in [0.2, 0.25) is 5.91 Å². The molecule has 0 N–H and O–H groups in total. The number of piperidine rings is 1. The van der Waals surface area contributed by atoms with Crippen LogP contribution in [0.5, 0.6) is 0 Å². The fraction of sp³-hybridized carbons (Fsp3) is 0.480. The number of rotatable bonds is 4. The lowest BCUT2D eigenvalue weighted by Crippen LogP contribution is -2.47. The lowest BCUT2D eigenvalue weighted by molar-refractivity contribution is -0.119. The zero-order valence-corrected chi connectivity index (χ0v) is 18.5. The largest absolute Gasteiger partial charge is 0.374 e. The van der Waals surface area contributed by atoms with E-state index in [1.54, 1.807) is 18.2 Å². The van der Waals surface area contributed by atoms with E-state index in [4.69, 9.17) is 0 Å². The highest BCUT2D eigenvalue weighted by atomic mass is 19.1. The van der Waals surface area contributed by atoms with Crippen LogP contribution in [0.15, 0.2) is 48.5 Å². The van der Waals surface area contributed by atoms with Crippen molar-refractivity contribution < 1.29 is 9.18 Å². The molecule has 0 radical (unpaired) electrons. The van der Waals surface area contributed by atoms with Gasteiger partial charge in [-0.25, -0.2) is 4.39 Å². The van der Waals surface area contributed by atoms with Crippen LogP contribution in [0, 0.1) is 5.82 Å². The molecule has 0 bridgehead atoms. The minimum atomic E-state index is -0.178. The lowest BCUT2D eigenvalue weighted by atomic mass is 10.0. The lowest BCUT2D eigenvalue weighted by Gasteiger charge is -2.38. The van der Waals surface area contributed by atoms with Gasteiger partial charge in [-0.2, -0.15) is 0 Å². The molecule has 0 aromatic heterocycles. The van der Waals surface area contributed by atoms with Crippen molar-refractivity contribution in [3.63, 3.8) is 0 Å². The Morgan fingerprint density at radius 1 is 1.07 bits per heavy atom. The zero-order valence-electron chi connectivity index (χ0n) is 18.5. The second kappa shape index (κ2) is 10.6. The summed E-state index contributed by atoms with van der Waals surface area (Å²) in [7, 11) is 2.14. The Morgan fingerprint density at radius 2 is 1.77 bits per heavy atom. The van der Waals surface area contributed by atoms with E-state index in [-0.39, 0.29) is 11.7 Å². The first-order chi connectivity index (χ1) is 14.5. The summed E-state index contributed by atoms with van der Waals surface area (Å²) in [6.45, 7) is 8.56. The van der Waals surface area contributed by atoms with Gasteiger partial charge in [-0.05, 0) is 55.6 Å². The Balaban J connectivity index is 0.000000310. The number of carbonyl (C=O) groups excluding carboxylic acids is 1. The first kappa shape index (κ1) is 22.3. The van der Waals surface area contributed by atoms with Crippen LogP contribution in [-0.2, 0) is 11.2 Å². The summed E-state index contributed by atoms with van der Waals surface area (Å²) in [6.07, 6.45) is 3.84. The van der Waals surface area contributed by atoms with E-state index < -0.39 is 0 Å². The third kappa shape index (κ3) is 5.39. The highest BCUT2D eigenvalue weighted by Gasteiger charge is 2.29. The number of hydrogen-bond donors (Lipinski definition) is 0. The number of benzene rings is 2. The normalized spacial score (nSPS) is 16.6. The van der Waals surface area contributed by atoms with Gasteiger partial charge in [-0.15, -0.1) is 0 Å². The number of fused-ring (bicyclic) bond motifs is 1. The maximum absolute atomic E-state index is 12.6. The van der Waals surface area contributed by atoms with Gasteiger partial charge in [-0.1, -0.05) is 38.1 Å². The molecule has 5 heteroatoms. The minimum Gasteiger partial charge on any atom is -0.374 e. The molecular weight excluding hydrogens is 377 g/mol. The maximum Gasteiger partial charge on any atom is 0.226 e. The monoisotopic (exact) mass is 411 g/mol. The van der Waals surface area contributed by atoms with E-state index >= 15 is 0 Å². The molecule has 1 saturated heterocycles. The number of anilines is 2. The summed E-state index contributed by atoms with van der Waals surface area (Å²) in [5.41, 5.74) is 3.78. The summed E-state index contributed by atoms with van der Waals surface area (Å²) >= 11 is 0. The Hall–Kier alpha value is -2.40. The smallest absolute Gasteiger partial charge is 0.226 e. The van der Waals surface area contributed by atoms with Crippen molar-refractivity contribution in [1.82, 2.24) is 4.90 Å². The van der Waals surface area contributed by atoms with Crippen LogP contribution in [0.3, 0.4) is 0 Å². The molecule has 0 saturated carbocycles. The zero-order chi connectivity index (χ0) is 21.5. The topological polar surface area (TPSA) is 26.8 Å². The van der Waals surface area contributed by atoms with Crippen LogP contribution in [0.1, 0.15) is 38.7 Å². The molecule has 0 aliphatic carbocycles. The molecule has 30 heavy (non-hydrogen) atoms. The number of nitrogens with zero attached hydrogens (tertiary/aromatic N) is 3. The predicted molar refractivity (Wildman–Crippen MR) is 123 cm³/mol. The Morgan fingerprint density at radius 3 is 2.33 bits per heavy atom. The number of likely N-dealkylation sites (N-methyl/N-ethyl adjacent to an activating group) is 1. The van der Waals surface area contributed by atoms with Crippen LogP contribution in [0.4, 0.5) is 15.8 Å². The van der Waals surface area contributed by atoms with Gasteiger partial charge in [-0.3, -0.25) is 4.79 Å². The molecule has 4 nitrogen and oxygen atoms in total. The third-order valence-corrected chi connectivity index (χ3v) is 6.15. The molecule has 0 unspecified atom stereocenters. The highest BCUT2D eigenvalue weighted by Crippen LogP contribution is 2.33. The Labute approximate surface area is 180 Å². The summed E-state index contributed by atoms with van der Waals surface area (Å²) in [5, 5.41) is 0. The van der Waals surface area contributed by atoms with E-state index in [9.17, 15) is 9.18 Å². The number of carbonyl (C=O) groups is 1. The second-order valence-corrected chi connectivity index (χ2v) is 8.06. The van der Waals surface area contributed by atoms with Crippen LogP contribution in [0.25, 0.3) is 0 Å². The van der Waals surface area contributed by atoms with Gasteiger partial charge in [0.15, 0.2) is 0 Å². The molecule has 4 rings (SSSR count). The molecule has 0 spiro atoms. The average Bonchev–Trinajstić information content (AvgIpc) is 3.15. The van der Waals surface area contributed by atoms with E-state index in [0.29, 0.717) is 12.5 Å². The molecule has 2 aromatic rings. The SMILES string of the molecule is CCC(=O)N(c1ccc2c(c1)N(C)CC2)C1CCN(CC)CC1.Fc1ccccc1. The van der Waals surface area contributed by atoms with Crippen LogP contribution in [0.2, 0.25) is 0 Å². The van der Waals surface area contributed by atoms with Crippen LogP contribution < -0.4 is 9.80 Å². The summed E-state index contributed by atoms with van der Waals surface area (Å²) < 4.78 is 11.9. The summed E-state index contributed by atoms with van der Waals surface area (Å²) in [5.74, 6) is 0.0723. The Kier molecular flexibility index (Phi) is 7.86. The van der Waals surface area contributed by atoms with Crippen LogP contribution in [-0.4, -0.2) is 50.1 Å². The first-order valence-electron chi connectivity index (χ1n) is 11.1. The average molecular weight is 412 g/mol. The number of hydrogen-bond acceptors (Lipinski definition) is 3. The molecule has 2 aromatic carbocycles. The van der Waals surface area contributed by atoms with Crippen molar-refractivity contribution in [2.24, 2.45) is 0 Å². The van der Waals surface area contributed by atoms with Crippen LogP contribution >= 0.6 is 0 Å². The molecule has 0 atom stereocenters. The predicted octanol–water partition coefficient (Wildman–Crippen LogP) is 4.73. The standard InChI is InChI=1S/C19H29N3O.C6H5F/c1-4-19(23)22(16-9-12-21(5-2)13-10-16)17-7-6-15-8-11-20(3)18(15)14-17;7-6-4-2-1-3-5-6/h6-7,14,16H,4-5,8-13H2,1-3H3;1-5H. The minimum absolute atomic E-state index is 0.178. The van der Waals surface area contributed by atoms with Gasteiger partial charge < -0.3 is 14.7 Å².